The lowest BCUT2D eigenvalue weighted by molar-refractivity contribution is -0.458. The number of hydrogen-bond donors (Lipinski definition) is 0. The van der Waals surface area contributed by atoms with Crippen LogP contribution < -0.4 is 0 Å². The minimum atomic E-state index is 0.0700. The summed E-state index contributed by atoms with van der Waals surface area (Å²) in [5.74, 6) is 0. The van der Waals surface area contributed by atoms with Gasteiger partial charge < -0.3 is 15.6 Å². The van der Waals surface area contributed by atoms with Gasteiger partial charge in [-0.05, 0) is 32.8 Å². The molecule has 0 bridgehead atoms. The fourth-order valence-electron chi connectivity index (χ4n) is 2.55. The van der Waals surface area contributed by atoms with Crippen molar-refractivity contribution >= 4 is 34.1 Å². The molecule has 27 heavy (non-hydrogen) atoms. The normalized spacial score (nSPS) is 13.6. The first-order valence-electron chi connectivity index (χ1n) is 7.97. The molecule has 0 unspecified atom stereocenters. The Hall–Kier alpha value is -4.14. The van der Waals surface area contributed by atoms with Crippen LogP contribution in [-0.4, -0.2) is 14.6 Å². The van der Waals surface area contributed by atoms with Crippen molar-refractivity contribution in [3.63, 3.8) is 0 Å². The molecule has 3 aromatic rings. The zero-order valence-corrected chi connectivity index (χ0v) is 13.8. The predicted octanol–water partition coefficient (Wildman–Crippen LogP) is 5.78. The summed E-state index contributed by atoms with van der Waals surface area (Å²) in [7, 11) is 0. The molecule has 3 aromatic carbocycles. The number of para-hydroxylation sites is 3. The summed E-state index contributed by atoms with van der Waals surface area (Å²) in [5, 5.41) is 47.9. The molecule has 9 heteroatoms. The molecule has 9 nitrogen and oxygen atoms in total. The minimum Gasteiger partial charge on any atom is -0.594 e. The van der Waals surface area contributed by atoms with Crippen LogP contribution in [0, 0.1) is 15.6 Å². The topological polar surface area (TPSA) is 115 Å². The molecule has 0 fully saturated rings. The Kier molecular flexibility index (Phi) is 4.01. The first-order valence-corrected chi connectivity index (χ1v) is 7.97. The van der Waals surface area contributed by atoms with E-state index in [0.29, 0.717) is 26.0 Å². The molecule has 0 N–H and O–H groups in total. The second-order valence-electron chi connectivity index (χ2n) is 5.59. The molecule has 1 aliphatic rings. The Balaban J connectivity index is 1.73. The van der Waals surface area contributed by atoms with Crippen molar-refractivity contribution in [2.75, 3.05) is 0 Å². The van der Waals surface area contributed by atoms with Gasteiger partial charge in [-0.1, -0.05) is 36.4 Å². The van der Waals surface area contributed by atoms with Crippen LogP contribution in [0.2, 0.25) is 0 Å². The molecule has 0 aliphatic carbocycles. The van der Waals surface area contributed by atoms with E-state index in [-0.39, 0.29) is 22.7 Å². The van der Waals surface area contributed by atoms with E-state index < -0.39 is 0 Å². The summed E-state index contributed by atoms with van der Waals surface area (Å²) in [4.78, 5) is 1.17. The third-order valence-corrected chi connectivity index (χ3v) is 3.85. The van der Waals surface area contributed by atoms with Crippen molar-refractivity contribution in [2.24, 2.45) is 15.3 Å². The average Bonchev–Trinajstić information content (AvgIpc) is 2.68. The fourth-order valence-corrected chi connectivity index (χ4v) is 2.55. The van der Waals surface area contributed by atoms with Crippen LogP contribution in [0.3, 0.4) is 0 Å². The highest BCUT2D eigenvalue weighted by atomic mass is 16.5. The molecule has 132 valence electrons. The number of hydrogen-bond acceptors (Lipinski definition) is 6. The summed E-state index contributed by atoms with van der Waals surface area (Å²) < 4.78 is 0. The lowest BCUT2D eigenvalue weighted by atomic mass is 10.2. The van der Waals surface area contributed by atoms with Crippen LogP contribution in [0.15, 0.2) is 88.1 Å². The van der Waals surface area contributed by atoms with Crippen LogP contribution in [0.4, 0.5) is 34.1 Å². The van der Waals surface area contributed by atoms with Gasteiger partial charge in [-0.15, -0.1) is 0 Å². The molecular weight excluding hydrogens is 348 g/mol. The predicted molar refractivity (Wildman–Crippen MR) is 95.5 cm³/mol. The van der Waals surface area contributed by atoms with Gasteiger partial charge >= 0.3 is 5.69 Å². The number of benzene rings is 3. The first-order chi connectivity index (χ1) is 13.1. The fraction of sp³-hybridized carbons (Fsp3) is 0. The Bertz CT molecular complexity index is 1110. The average molecular weight is 360 g/mol. The highest BCUT2D eigenvalue weighted by Crippen LogP contribution is 2.44. The van der Waals surface area contributed by atoms with Gasteiger partial charge in [-0.2, -0.15) is 0 Å². The molecule has 1 aliphatic heterocycles. The van der Waals surface area contributed by atoms with Crippen molar-refractivity contribution in [3.8, 4) is 0 Å². The molecule has 1 heterocycles. The molecule has 0 saturated carbocycles. The van der Waals surface area contributed by atoms with Crippen molar-refractivity contribution < 1.29 is 14.6 Å². The third kappa shape index (κ3) is 3.09. The zero-order chi connectivity index (χ0) is 18.8. The maximum atomic E-state index is 12.6. The third-order valence-electron chi connectivity index (χ3n) is 3.85. The van der Waals surface area contributed by atoms with Crippen molar-refractivity contribution in [3.05, 3.63) is 88.4 Å². The SMILES string of the molecule is [O-][N+](=Nc1ccccc1[N+]([O-])=Nc1cccc2c1[N+]([O-])=N2)c1ccccc1. The maximum absolute atomic E-state index is 12.6. The van der Waals surface area contributed by atoms with Gasteiger partial charge in [0.15, 0.2) is 0 Å². The van der Waals surface area contributed by atoms with Gasteiger partial charge in [0.2, 0.25) is 22.7 Å². The highest BCUT2D eigenvalue weighted by Gasteiger charge is 2.30. The Morgan fingerprint density at radius 2 is 1.41 bits per heavy atom. The van der Waals surface area contributed by atoms with Crippen LogP contribution in [-0.2, 0) is 0 Å². The van der Waals surface area contributed by atoms with E-state index in [1.165, 1.54) is 18.2 Å². The lowest BCUT2D eigenvalue weighted by Crippen LogP contribution is -2.01. The van der Waals surface area contributed by atoms with Crippen LogP contribution in [0.1, 0.15) is 0 Å². The maximum Gasteiger partial charge on any atom is 0.308 e. The number of rotatable bonds is 4. The smallest absolute Gasteiger partial charge is 0.308 e. The quantitative estimate of drug-likeness (QED) is 0.254. The van der Waals surface area contributed by atoms with Crippen molar-refractivity contribution in [1.29, 1.82) is 0 Å². The lowest BCUT2D eigenvalue weighted by Gasteiger charge is -2.10. The van der Waals surface area contributed by atoms with Gasteiger partial charge in [0.1, 0.15) is 0 Å². The summed E-state index contributed by atoms with van der Waals surface area (Å²) in [6.45, 7) is 0. The summed E-state index contributed by atoms with van der Waals surface area (Å²) in [5.41, 5.74) is 1.42. The summed E-state index contributed by atoms with van der Waals surface area (Å²) in [6.07, 6.45) is 0. The van der Waals surface area contributed by atoms with Gasteiger partial charge in [0, 0.05) is 33.5 Å². The van der Waals surface area contributed by atoms with Gasteiger partial charge in [0.05, 0.1) is 0 Å². The highest BCUT2D eigenvalue weighted by molar-refractivity contribution is 5.73. The first kappa shape index (κ1) is 16.3. The molecule has 0 saturated heterocycles. The van der Waals surface area contributed by atoms with Crippen molar-refractivity contribution in [1.82, 2.24) is 0 Å². The van der Waals surface area contributed by atoms with Crippen LogP contribution >= 0.6 is 0 Å². The van der Waals surface area contributed by atoms with Gasteiger partial charge in [-0.3, -0.25) is 0 Å². The van der Waals surface area contributed by atoms with Gasteiger partial charge in [-0.25, -0.2) is 0 Å². The molecule has 0 aromatic heterocycles. The summed E-state index contributed by atoms with van der Waals surface area (Å²) >= 11 is 0. The van der Waals surface area contributed by atoms with Gasteiger partial charge in [0.25, 0.3) is 5.69 Å². The van der Waals surface area contributed by atoms with E-state index in [4.69, 9.17) is 0 Å². The Morgan fingerprint density at radius 3 is 2.19 bits per heavy atom. The Morgan fingerprint density at radius 1 is 0.741 bits per heavy atom. The van der Waals surface area contributed by atoms with E-state index in [2.05, 4.69) is 15.3 Å². The second kappa shape index (κ2) is 6.64. The Labute approximate surface area is 153 Å². The largest absolute Gasteiger partial charge is 0.594 e. The molecule has 0 atom stereocenters. The number of azo groups is 3. The molecular formula is C18H12N6O3. The molecule has 0 spiro atoms. The summed E-state index contributed by atoms with van der Waals surface area (Å²) in [6, 6.07) is 19.6. The van der Waals surface area contributed by atoms with E-state index in [9.17, 15) is 15.6 Å². The monoisotopic (exact) mass is 360 g/mol. The minimum absolute atomic E-state index is 0.0700. The number of nitrogens with zero attached hydrogens (tertiary/aromatic N) is 6. The van der Waals surface area contributed by atoms with E-state index in [0.717, 1.165) is 0 Å². The standard InChI is InChI=1S/C18H12N6O3/c25-22(13-7-2-1-3-8-13)19-14-9-4-5-12-17(14)23(26)20-15-10-6-11-16-18(15)24(27)21-16/h1-12H. The van der Waals surface area contributed by atoms with Crippen LogP contribution in [0.5, 0.6) is 0 Å². The molecule has 0 amide bonds. The van der Waals surface area contributed by atoms with Crippen LogP contribution in [0.25, 0.3) is 0 Å². The zero-order valence-electron chi connectivity index (χ0n) is 13.8. The van der Waals surface area contributed by atoms with E-state index >= 15 is 0 Å². The number of fused-ring (bicyclic) bond motifs is 1. The molecule has 4 rings (SSSR count). The van der Waals surface area contributed by atoms with Crippen molar-refractivity contribution in [2.45, 2.75) is 0 Å². The molecule has 0 radical (unpaired) electrons. The van der Waals surface area contributed by atoms with E-state index in [1.807, 2.05) is 0 Å². The second-order valence-corrected chi connectivity index (χ2v) is 5.59. The van der Waals surface area contributed by atoms with E-state index in [1.54, 1.807) is 54.6 Å².